The summed E-state index contributed by atoms with van der Waals surface area (Å²) in [5.74, 6) is -1.02. The van der Waals surface area contributed by atoms with E-state index in [0.29, 0.717) is 11.3 Å². The van der Waals surface area contributed by atoms with Crippen molar-refractivity contribution in [2.75, 3.05) is 10.8 Å². The van der Waals surface area contributed by atoms with Crippen LogP contribution in [0.15, 0.2) is 52.2 Å². The Balaban J connectivity index is 0.00000385. The molecule has 1 heterocycles. The van der Waals surface area contributed by atoms with Crippen LogP contribution in [0.1, 0.15) is 34.1 Å². The van der Waals surface area contributed by atoms with Gasteiger partial charge in [-0.15, -0.1) is 11.3 Å². The fraction of sp³-hybridized carbons (Fsp3) is 0.273. The van der Waals surface area contributed by atoms with Crippen molar-refractivity contribution in [2.45, 2.75) is 37.9 Å². The molecule has 3 aromatic rings. The third-order valence-electron chi connectivity index (χ3n) is 4.49. The number of halogens is 1. The molecule has 1 atom stereocenters. The first-order chi connectivity index (χ1) is 15.1. The first kappa shape index (κ1) is 27.3. The minimum Gasteiger partial charge on any atom is -0.545 e. The van der Waals surface area contributed by atoms with E-state index in [1.807, 2.05) is 6.92 Å². The van der Waals surface area contributed by atoms with Crippen molar-refractivity contribution >= 4 is 33.0 Å². The van der Waals surface area contributed by atoms with E-state index in [2.05, 4.69) is 4.98 Å². The molecule has 1 unspecified atom stereocenters. The summed E-state index contributed by atoms with van der Waals surface area (Å²) in [6.07, 6.45) is -1.43. The molecular weight excluding hydrogens is 478 g/mol. The molecule has 0 saturated heterocycles. The normalized spacial score (nSPS) is 12.0. The number of nitrogens with zero attached hydrogens (tertiary/aromatic N) is 2. The van der Waals surface area contributed by atoms with Crippen molar-refractivity contribution < 1.29 is 57.0 Å². The number of carboxylic acids is 1. The van der Waals surface area contributed by atoms with Crippen molar-refractivity contribution in [1.82, 2.24) is 4.98 Å². The Kier molecular flexibility index (Phi) is 9.45. The second kappa shape index (κ2) is 11.4. The predicted octanol–water partition coefficient (Wildman–Crippen LogP) is 0.260. The van der Waals surface area contributed by atoms with Crippen LogP contribution in [0.5, 0.6) is 5.75 Å². The van der Waals surface area contributed by atoms with Gasteiger partial charge in [0.05, 0.1) is 18.2 Å². The molecule has 0 fully saturated rings. The topological polar surface area (TPSA) is 99.6 Å². The Bertz CT molecular complexity index is 1210. The molecule has 33 heavy (non-hydrogen) atoms. The number of rotatable bonds is 9. The zero-order chi connectivity index (χ0) is 23.5. The zero-order valence-electron chi connectivity index (χ0n) is 18.7. The summed E-state index contributed by atoms with van der Waals surface area (Å²) in [7, 11) is -4.11. The van der Waals surface area contributed by atoms with Crippen LogP contribution in [0.2, 0.25) is 0 Å². The fourth-order valence-corrected chi connectivity index (χ4v) is 5.62. The van der Waals surface area contributed by atoms with Gasteiger partial charge in [0.15, 0.2) is 0 Å². The number of hydrogen-bond acceptors (Lipinski definition) is 7. The summed E-state index contributed by atoms with van der Waals surface area (Å²) in [4.78, 5) is 15.0. The standard InChI is InChI=1S/C22H23FN2O5S2.Na/c1-14-4-9-19(20(10-14)30-12-17-5-7-18(8-6-17)21(26)27)25(11-15(2)23)32(28,29)22-24-16(3)13-31-22;/h4-10,13,15H,11-12H2,1-3H3,(H,26,27);/q;+1/p-1. The Morgan fingerprint density at radius 2 is 1.88 bits per heavy atom. The number of carbonyl (C=O) groups is 1. The molecule has 170 valence electrons. The predicted molar refractivity (Wildman–Crippen MR) is 118 cm³/mol. The minimum absolute atomic E-state index is 0. The molecule has 0 bridgehead atoms. The summed E-state index contributed by atoms with van der Waals surface area (Å²) in [6.45, 7) is 4.44. The number of anilines is 1. The Hall–Kier alpha value is -1.98. The molecule has 0 radical (unpaired) electrons. The van der Waals surface area contributed by atoms with Crippen LogP contribution >= 0.6 is 11.3 Å². The van der Waals surface area contributed by atoms with Gasteiger partial charge in [-0.05, 0) is 49.6 Å². The van der Waals surface area contributed by atoms with Gasteiger partial charge >= 0.3 is 29.6 Å². The van der Waals surface area contributed by atoms with Crippen LogP contribution in [0.3, 0.4) is 0 Å². The fourth-order valence-electron chi connectivity index (χ4n) is 2.94. The molecule has 2 aromatic carbocycles. The van der Waals surface area contributed by atoms with E-state index in [4.69, 9.17) is 4.74 Å². The SMILES string of the molecule is Cc1ccc(N(CC(C)F)S(=O)(=O)c2nc(C)cs2)c(OCc2ccc(C(=O)[O-])cc2)c1.[Na+]. The van der Waals surface area contributed by atoms with Crippen LogP contribution < -0.4 is 43.7 Å². The van der Waals surface area contributed by atoms with E-state index in [0.717, 1.165) is 21.2 Å². The zero-order valence-corrected chi connectivity index (χ0v) is 22.4. The number of alkyl halides is 1. The van der Waals surface area contributed by atoms with Crippen molar-refractivity contribution in [1.29, 1.82) is 0 Å². The molecule has 0 saturated carbocycles. The Labute approximate surface area is 218 Å². The number of carbonyl (C=O) groups excluding carboxylic acids is 1. The quantitative estimate of drug-likeness (QED) is 0.391. The number of aryl methyl sites for hydroxylation is 2. The number of ether oxygens (including phenoxy) is 1. The van der Waals surface area contributed by atoms with Crippen molar-refractivity contribution in [3.05, 3.63) is 70.2 Å². The summed E-state index contributed by atoms with van der Waals surface area (Å²) >= 11 is 0.972. The summed E-state index contributed by atoms with van der Waals surface area (Å²) < 4.78 is 47.4. The van der Waals surface area contributed by atoms with Gasteiger partial charge in [0, 0.05) is 11.1 Å². The van der Waals surface area contributed by atoms with Gasteiger partial charge < -0.3 is 14.6 Å². The number of sulfonamides is 1. The molecular formula is C22H22FN2NaO5S2. The van der Waals surface area contributed by atoms with Gasteiger partial charge in [-0.1, -0.05) is 30.3 Å². The van der Waals surface area contributed by atoms with Crippen LogP contribution in [0.4, 0.5) is 10.1 Å². The van der Waals surface area contributed by atoms with Gasteiger partial charge in [0.25, 0.3) is 10.0 Å². The molecule has 1 aromatic heterocycles. The minimum atomic E-state index is -4.11. The molecule has 0 aliphatic heterocycles. The number of aromatic nitrogens is 1. The third-order valence-corrected chi connectivity index (χ3v) is 7.63. The van der Waals surface area contributed by atoms with Crippen molar-refractivity contribution in [3.8, 4) is 5.75 Å². The van der Waals surface area contributed by atoms with Crippen molar-refractivity contribution in [3.63, 3.8) is 0 Å². The summed E-state index contributed by atoms with van der Waals surface area (Å²) in [5.41, 5.74) is 2.29. The number of thiazole rings is 1. The maximum atomic E-state index is 14.0. The summed E-state index contributed by atoms with van der Waals surface area (Å²) in [5, 5.41) is 12.5. The van der Waals surface area contributed by atoms with E-state index in [-0.39, 0.29) is 57.5 Å². The number of carboxylic acid groups (broad SMARTS) is 1. The second-order valence-electron chi connectivity index (χ2n) is 7.32. The molecule has 0 spiro atoms. The van der Waals surface area contributed by atoms with E-state index >= 15 is 0 Å². The van der Waals surface area contributed by atoms with Gasteiger partial charge in [0.2, 0.25) is 4.34 Å². The van der Waals surface area contributed by atoms with E-state index < -0.39 is 28.7 Å². The molecule has 7 nitrogen and oxygen atoms in total. The number of aromatic carboxylic acids is 1. The van der Waals surface area contributed by atoms with Crippen LogP contribution in [0, 0.1) is 13.8 Å². The third kappa shape index (κ3) is 6.77. The maximum Gasteiger partial charge on any atom is 1.00 e. The average molecular weight is 501 g/mol. The molecule has 0 aliphatic rings. The first-order valence-electron chi connectivity index (χ1n) is 9.70. The van der Waals surface area contributed by atoms with Crippen LogP contribution in [0.25, 0.3) is 0 Å². The number of benzene rings is 2. The molecule has 3 rings (SSSR count). The monoisotopic (exact) mass is 500 g/mol. The van der Waals surface area contributed by atoms with E-state index in [9.17, 15) is 22.7 Å². The second-order valence-corrected chi connectivity index (χ2v) is 10.2. The summed E-state index contributed by atoms with van der Waals surface area (Å²) in [6, 6.07) is 10.9. The van der Waals surface area contributed by atoms with Gasteiger partial charge in [-0.2, -0.15) is 8.42 Å². The smallest absolute Gasteiger partial charge is 0.545 e. The van der Waals surface area contributed by atoms with Crippen LogP contribution in [-0.2, 0) is 16.6 Å². The van der Waals surface area contributed by atoms with Gasteiger partial charge in [-0.25, -0.2) is 9.37 Å². The van der Waals surface area contributed by atoms with E-state index in [1.165, 1.54) is 19.1 Å². The molecule has 0 N–H and O–H groups in total. The van der Waals surface area contributed by atoms with Crippen molar-refractivity contribution in [2.24, 2.45) is 0 Å². The Morgan fingerprint density at radius 1 is 1.21 bits per heavy atom. The Morgan fingerprint density at radius 3 is 2.42 bits per heavy atom. The average Bonchev–Trinajstić information content (AvgIpc) is 3.18. The maximum absolute atomic E-state index is 14.0. The first-order valence-corrected chi connectivity index (χ1v) is 12.0. The molecule has 0 amide bonds. The van der Waals surface area contributed by atoms with Gasteiger partial charge in [0.1, 0.15) is 18.5 Å². The number of hydrogen-bond donors (Lipinski definition) is 0. The molecule has 0 aliphatic carbocycles. The van der Waals surface area contributed by atoms with Crippen LogP contribution in [-0.4, -0.2) is 32.1 Å². The van der Waals surface area contributed by atoms with Gasteiger partial charge in [-0.3, -0.25) is 4.31 Å². The largest absolute Gasteiger partial charge is 1.00 e. The van der Waals surface area contributed by atoms with E-state index in [1.54, 1.807) is 42.6 Å². The molecule has 11 heteroatoms.